The van der Waals surface area contributed by atoms with Crippen LogP contribution in [0.2, 0.25) is 0 Å². The van der Waals surface area contributed by atoms with Crippen molar-refractivity contribution in [1.29, 1.82) is 0 Å². The van der Waals surface area contributed by atoms with E-state index in [0.717, 1.165) is 23.5 Å². The Bertz CT molecular complexity index is 722. The monoisotopic (exact) mass is 333 g/mol. The number of aryl methyl sites for hydroxylation is 1. The van der Waals surface area contributed by atoms with Crippen LogP contribution in [-0.2, 0) is 4.74 Å². The number of amides is 1. The molecule has 1 atom stereocenters. The molecule has 0 radical (unpaired) electrons. The average Bonchev–Trinajstić information content (AvgIpc) is 3.26. The summed E-state index contributed by atoms with van der Waals surface area (Å²) in [7, 11) is 0. The lowest BCUT2D eigenvalue weighted by atomic mass is 10.2. The van der Waals surface area contributed by atoms with E-state index in [1.165, 1.54) is 11.3 Å². The third-order valence-corrected chi connectivity index (χ3v) is 4.94. The zero-order valence-corrected chi connectivity index (χ0v) is 14.0. The van der Waals surface area contributed by atoms with Crippen molar-refractivity contribution in [3.05, 3.63) is 39.6 Å². The van der Waals surface area contributed by atoms with Crippen molar-refractivity contribution in [2.24, 2.45) is 0 Å². The van der Waals surface area contributed by atoms with Gasteiger partial charge in [-0.2, -0.15) is 0 Å². The van der Waals surface area contributed by atoms with Crippen LogP contribution >= 0.6 is 11.3 Å². The van der Waals surface area contributed by atoms with E-state index in [9.17, 15) is 9.59 Å². The zero-order chi connectivity index (χ0) is 16.4. The van der Waals surface area contributed by atoms with Gasteiger partial charge in [0.25, 0.3) is 5.91 Å². The molecule has 1 aliphatic rings. The Morgan fingerprint density at radius 1 is 1.52 bits per heavy atom. The predicted molar refractivity (Wildman–Crippen MR) is 86.6 cm³/mol. The molecule has 2 aromatic rings. The summed E-state index contributed by atoms with van der Waals surface area (Å²) in [5.41, 5.74) is 1.88. The van der Waals surface area contributed by atoms with Crippen molar-refractivity contribution in [2.75, 3.05) is 13.2 Å². The Balaban J connectivity index is 1.81. The van der Waals surface area contributed by atoms with Crippen LogP contribution in [0.5, 0.6) is 0 Å². The molecule has 0 aromatic carbocycles. The molecular weight excluding hydrogens is 314 g/mol. The Morgan fingerprint density at radius 3 is 3.04 bits per heavy atom. The lowest BCUT2D eigenvalue weighted by Crippen LogP contribution is -2.30. The first-order chi connectivity index (χ1) is 11.1. The van der Waals surface area contributed by atoms with Gasteiger partial charge in [-0.3, -0.25) is 4.79 Å². The quantitative estimate of drug-likeness (QED) is 0.873. The number of hydrogen-bond acceptors (Lipinski definition) is 5. The van der Waals surface area contributed by atoms with Crippen molar-refractivity contribution in [3.8, 4) is 0 Å². The van der Waals surface area contributed by atoms with Crippen molar-refractivity contribution in [2.45, 2.75) is 32.7 Å². The molecule has 1 aliphatic heterocycles. The van der Waals surface area contributed by atoms with Crippen LogP contribution in [-0.4, -0.2) is 39.9 Å². The normalized spacial score (nSPS) is 17.5. The minimum absolute atomic E-state index is 0.0131. The fraction of sp³-hybridized carbons (Fsp3) is 0.438. The standard InChI is InChI=1S/C16H19N3O3S/c1-3-22-16(21)12-9-23-14(18-12)13-5-4-8-19(13)15(20)11-6-7-17-10(11)2/h6-7,9,13,17H,3-5,8H2,1-2H3. The van der Waals surface area contributed by atoms with E-state index >= 15 is 0 Å². The second kappa shape index (κ2) is 6.54. The Hall–Kier alpha value is -2.15. The molecule has 23 heavy (non-hydrogen) atoms. The number of thiazole rings is 1. The molecule has 3 rings (SSSR count). The number of rotatable bonds is 4. The summed E-state index contributed by atoms with van der Waals surface area (Å²) in [4.78, 5) is 33.8. The second-order valence-electron chi connectivity index (χ2n) is 5.46. The number of nitrogens with zero attached hydrogens (tertiary/aromatic N) is 2. The highest BCUT2D eigenvalue weighted by Gasteiger charge is 2.33. The van der Waals surface area contributed by atoms with Gasteiger partial charge in [-0.25, -0.2) is 9.78 Å². The zero-order valence-electron chi connectivity index (χ0n) is 13.2. The van der Waals surface area contributed by atoms with E-state index in [1.54, 1.807) is 24.6 Å². The number of aromatic nitrogens is 2. The smallest absolute Gasteiger partial charge is 0.357 e. The Morgan fingerprint density at radius 2 is 2.35 bits per heavy atom. The van der Waals surface area contributed by atoms with Crippen molar-refractivity contribution in [3.63, 3.8) is 0 Å². The summed E-state index contributed by atoms with van der Waals surface area (Å²) in [6.07, 6.45) is 3.58. The van der Waals surface area contributed by atoms with Crippen LogP contribution in [0.25, 0.3) is 0 Å². The van der Waals surface area contributed by atoms with E-state index in [-0.39, 0.29) is 11.9 Å². The lowest BCUT2D eigenvalue weighted by molar-refractivity contribution is 0.0520. The van der Waals surface area contributed by atoms with Gasteiger partial charge < -0.3 is 14.6 Å². The first kappa shape index (κ1) is 15.7. The minimum Gasteiger partial charge on any atom is -0.461 e. The van der Waals surface area contributed by atoms with Crippen LogP contribution in [0.4, 0.5) is 0 Å². The number of H-pyrrole nitrogens is 1. The largest absolute Gasteiger partial charge is 0.461 e. The van der Waals surface area contributed by atoms with Crippen molar-refractivity contribution < 1.29 is 14.3 Å². The van der Waals surface area contributed by atoms with Crippen LogP contribution < -0.4 is 0 Å². The first-order valence-electron chi connectivity index (χ1n) is 7.69. The molecular formula is C16H19N3O3S. The molecule has 3 heterocycles. The van der Waals surface area contributed by atoms with E-state index < -0.39 is 5.97 Å². The number of carbonyl (C=O) groups is 2. The molecule has 1 saturated heterocycles. The van der Waals surface area contributed by atoms with E-state index in [4.69, 9.17) is 4.74 Å². The minimum atomic E-state index is -0.410. The summed E-state index contributed by atoms with van der Waals surface area (Å²) in [6, 6.07) is 1.74. The maximum atomic E-state index is 12.7. The number of aromatic amines is 1. The molecule has 6 nitrogen and oxygen atoms in total. The summed E-state index contributed by atoms with van der Waals surface area (Å²) < 4.78 is 4.97. The SMILES string of the molecule is CCOC(=O)c1csc(C2CCCN2C(=O)c2cc[nH]c2C)n1. The van der Waals surface area contributed by atoms with Crippen LogP contribution in [0.1, 0.15) is 57.4 Å². The van der Waals surface area contributed by atoms with Gasteiger partial charge in [0.15, 0.2) is 5.69 Å². The van der Waals surface area contributed by atoms with E-state index in [0.29, 0.717) is 24.4 Å². The highest BCUT2D eigenvalue weighted by Crippen LogP contribution is 2.35. The van der Waals surface area contributed by atoms with Gasteiger partial charge in [0.05, 0.1) is 18.2 Å². The highest BCUT2D eigenvalue weighted by molar-refractivity contribution is 7.09. The number of esters is 1. The van der Waals surface area contributed by atoms with Crippen molar-refractivity contribution in [1.82, 2.24) is 14.9 Å². The summed E-state index contributed by atoms with van der Waals surface area (Å²) >= 11 is 1.41. The van der Waals surface area contributed by atoms with E-state index in [2.05, 4.69) is 9.97 Å². The molecule has 0 bridgehead atoms. The third-order valence-electron chi connectivity index (χ3n) is 3.99. The molecule has 122 valence electrons. The summed E-state index contributed by atoms with van der Waals surface area (Å²) in [6.45, 7) is 4.69. The molecule has 1 unspecified atom stereocenters. The number of nitrogens with one attached hydrogen (secondary N) is 1. The number of hydrogen-bond donors (Lipinski definition) is 1. The molecule has 1 N–H and O–H groups in total. The average molecular weight is 333 g/mol. The summed E-state index contributed by atoms with van der Waals surface area (Å²) in [5, 5.41) is 2.50. The fourth-order valence-electron chi connectivity index (χ4n) is 2.85. The van der Waals surface area contributed by atoms with Crippen LogP contribution in [0.15, 0.2) is 17.6 Å². The topological polar surface area (TPSA) is 75.3 Å². The van der Waals surface area contributed by atoms with Crippen LogP contribution in [0.3, 0.4) is 0 Å². The lowest BCUT2D eigenvalue weighted by Gasteiger charge is -2.23. The van der Waals surface area contributed by atoms with Gasteiger partial charge in [0.2, 0.25) is 0 Å². The predicted octanol–water partition coefficient (Wildman–Crippen LogP) is 2.93. The van der Waals surface area contributed by atoms with Gasteiger partial charge in [-0.05, 0) is 32.8 Å². The van der Waals surface area contributed by atoms with Gasteiger partial charge in [-0.15, -0.1) is 11.3 Å². The highest BCUT2D eigenvalue weighted by atomic mass is 32.1. The molecule has 0 spiro atoms. The third kappa shape index (κ3) is 3.01. The van der Waals surface area contributed by atoms with E-state index in [1.807, 2.05) is 11.8 Å². The molecule has 0 saturated carbocycles. The van der Waals surface area contributed by atoms with Crippen molar-refractivity contribution >= 4 is 23.2 Å². The van der Waals surface area contributed by atoms with Gasteiger partial charge in [0.1, 0.15) is 5.01 Å². The number of likely N-dealkylation sites (tertiary alicyclic amines) is 1. The molecule has 1 amide bonds. The first-order valence-corrected chi connectivity index (χ1v) is 8.57. The van der Waals surface area contributed by atoms with Gasteiger partial charge >= 0.3 is 5.97 Å². The molecule has 1 fully saturated rings. The maximum Gasteiger partial charge on any atom is 0.357 e. The maximum absolute atomic E-state index is 12.7. The molecule has 2 aromatic heterocycles. The molecule has 7 heteroatoms. The fourth-order valence-corrected chi connectivity index (χ4v) is 3.78. The number of carbonyl (C=O) groups excluding carboxylic acids is 2. The Labute approximate surface area is 138 Å². The summed E-state index contributed by atoms with van der Waals surface area (Å²) in [5.74, 6) is -0.397. The molecule has 0 aliphatic carbocycles. The van der Waals surface area contributed by atoms with Gasteiger partial charge in [0, 0.05) is 23.8 Å². The second-order valence-corrected chi connectivity index (χ2v) is 6.35. The van der Waals surface area contributed by atoms with Crippen LogP contribution in [0, 0.1) is 6.92 Å². The Kier molecular flexibility index (Phi) is 4.47. The number of ether oxygens (including phenoxy) is 1. The van der Waals surface area contributed by atoms with Gasteiger partial charge in [-0.1, -0.05) is 0 Å².